The van der Waals surface area contributed by atoms with Gasteiger partial charge in [-0.2, -0.15) is 0 Å². The summed E-state index contributed by atoms with van der Waals surface area (Å²) < 4.78 is 0. The van der Waals surface area contributed by atoms with Crippen molar-refractivity contribution in [3.8, 4) is 0 Å². The summed E-state index contributed by atoms with van der Waals surface area (Å²) in [6, 6.07) is 2.47. The van der Waals surface area contributed by atoms with Crippen LogP contribution in [0.3, 0.4) is 0 Å². The molecule has 18 heavy (non-hydrogen) atoms. The molecular weight excluding hydrogens is 244 g/mol. The van der Waals surface area contributed by atoms with Crippen molar-refractivity contribution in [2.45, 2.75) is 39.8 Å². The molecule has 2 N–H and O–H groups in total. The normalized spacial score (nSPS) is 22.7. The summed E-state index contributed by atoms with van der Waals surface area (Å²) >= 11 is 1.63. The molecule has 2 atom stereocenters. The molecule has 1 amide bonds. The lowest BCUT2D eigenvalue weighted by Crippen LogP contribution is -2.32. The number of primary amides is 1. The molecule has 0 bridgehead atoms. The molecule has 1 heterocycles. The Morgan fingerprint density at radius 3 is 2.72 bits per heavy atom. The van der Waals surface area contributed by atoms with E-state index in [1.807, 2.05) is 11.4 Å². The van der Waals surface area contributed by atoms with Gasteiger partial charge in [-0.15, -0.1) is 11.3 Å². The Morgan fingerprint density at radius 1 is 1.61 bits per heavy atom. The SMILES string of the molecule is CC(C)N(Cc1cc(C(N)=O)cs1)C[C@@H]1C[C@H]1C. The Morgan fingerprint density at radius 2 is 2.28 bits per heavy atom. The largest absolute Gasteiger partial charge is 0.366 e. The van der Waals surface area contributed by atoms with E-state index < -0.39 is 0 Å². The number of carbonyl (C=O) groups is 1. The molecule has 1 fully saturated rings. The molecule has 1 saturated carbocycles. The molecule has 1 aromatic rings. The minimum absolute atomic E-state index is 0.329. The van der Waals surface area contributed by atoms with Gasteiger partial charge in [0.1, 0.15) is 0 Å². The first-order valence-electron chi connectivity index (χ1n) is 6.58. The fraction of sp³-hybridized carbons (Fsp3) is 0.643. The molecule has 100 valence electrons. The van der Waals surface area contributed by atoms with Crippen molar-refractivity contribution in [1.29, 1.82) is 0 Å². The number of rotatable bonds is 6. The van der Waals surface area contributed by atoms with Crippen LogP contribution in [0.5, 0.6) is 0 Å². The van der Waals surface area contributed by atoms with Crippen LogP contribution in [-0.4, -0.2) is 23.4 Å². The summed E-state index contributed by atoms with van der Waals surface area (Å²) in [6.45, 7) is 8.88. The van der Waals surface area contributed by atoms with E-state index in [0.29, 0.717) is 11.6 Å². The van der Waals surface area contributed by atoms with E-state index in [1.165, 1.54) is 17.8 Å². The van der Waals surface area contributed by atoms with Crippen LogP contribution in [0.4, 0.5) is 0 Å². The second-order valence-electron chi connectivity index (χ2n) is 5.66. The van der Waals surface area contributed by atoms with Crippen molar-refractivity contribution >= 4 is 17.2 Å². The summed E-state index contributed by atoms with van der Waals surface area (Å²) in [6.07, 6.45) is 1.36. The number of amides is 1. The molecule has 0 radical (unpaired) electrons. The average Bonchev–Trinajstić information content (AvgIpc) is 2.78. The molecule has 1 aliphatic rings. The van der Waals surface area contributed by atoms with Crippen molar-refractivity contribution < 1.29 is 4.79 Å². The van der Waals surface area contributed by atoms with Gasteiger partial charge in [0, 0.05) is 29.4 Å². The minimum atomic E-state index is -0.329. The van der Waals surface area contributed by atoms with Crippen molar-refractivity contribution in [3.05, 3.63) is 21.9 Å². The number of nitrogens with two attached hydrogens (primary N) is 1. The summed E-state index contributed by atoms with van der Waals surface area (Å²) in [4.78, 5) is 14.8. The zero-order valence-electron chi connectivity index (χ0n) is 11.3. The van der Waals surface area contributed by atoms with Crippen LogP contribution in [0.25, 0.3) is 0 Å². The van der Waals surface area contributed by atoms with Crippen LogP contribution < -0.4 is 5.73 Å². The molecule has 1 aliphatic carbocycles. The minimum Gasteiger partial charge on any atom is -0.366 e. The van der Waals surface area contributed by atoms with Gasteiger partial charge >= 0.3 is 0 Å². The van der Waals surface area contributed by atoms with Gasteiger partial charge in [-0.05, 0) is 38.2 Å². The second-order valence-corrected chi connectivity index (χ2v) is 6.66. The van der Waals surface area contributed by atoms with Crippen molar-refractivity contribution in [1.82, 2.24) is 4.90 Å². The lowest BCUT2D eigenvalue weighted by atomic mass is 10.2. The van der Waals surface area contributed by atoms with Crippen LogP contribution in [0.2, 0.25) is 0 Å². The van der Waals surface area contributed by atoms with Gasteiger partial charge < -0.3 is 5.73 Å². The van der Waals surface area contributed by atoms with Crippen molar-refractivity contribution in [2.75, 3.05) is 6.54 Å². The average molecular weight is 266 g/mol. The Balaban J connectivity index is 1.96. The van der Waals surface area contributed by atoms with Gasteiger partial charge in [0.05, 0.1) is 5.56 Å². The molecule has 3 nitrogen and oxygen atoms in total. The van der Waals surface area contributed by atoms with E-state index in [9.17, 15) is 4.79 Å². The third-order valence-electron chi connectivity index (χ3n) is 3.77. The summed E-state index contributed by atoms with van der Waals surface area (Å²) in [5, 5.41) is 1.86. The highest BCUT2D eigenvalue weighted by molar-refractivity contribution is 7.10. The Bertz CT molecular complexity index is 427. The van der Waals surface area contributed by atoms with Crippen LogP contribution in [-0.2, 0) is 6.54 Å². The summed E-state index contributed by atoms with van der Waals surface area (Å²) in [5.74, 6) is 1.42. The van der Waals surface area contributed by atoms with Gasteiger partial charge in [0.2, 0.25) is 5.91 Å². The predicted molar refractivity (Wildman–Crippen MR) is 75.7 cm³/mol. The Labute approximate surface area is 113 Å². The van der Waals surface area contributed by atoms with Crippen LogP contribution >= 0.6 is 11.3 Å². The maximum atomic E-state index is 11.1. The van der Waals surface area contributed by atoms with Gasteiger partial charge in [-0.25, -0.2) is 0 Å². The lowest BCUT2D eigenvalue weighted by molar-refractivity contribution is 0.100. The molecular formula is C14H22N2OS. The molecule has 0 spiro atoms. The quantitative estimate of drug-likeness (QED) is 0.860. The zero-order chi connectivity index (χ0) is 13.3. The highest BCUT2D eigenvalue weighted by Gasteiger charge is 2.34. The van der Waals surface area contributed by atoms with Gasteiger partial charge in [0.25, 0.3) is 0 Å². The van der Waals surface area contributed by atoms with Crippen molar-refractivity contribution in [2.24, 2.45) is 17.6 Å². The third-order valence-corrected chi connectivity index (χ3v) is 4.69. The maximum Gasteiger partial charge on any atom is 0.249 e. The van der Waals surface area contributed by atoms with E-state index in [4.69, 9.17) is 5.73 Å². The molecule has 0 aliphatic heterocycles. The second kappa shape index (κ2) is 5.41. The summed E-state index contributed by atoms with van der Waals surface area (Å²) in [5.41, 5.74) is 5.92. The molecule has 2 rings (SSSR count). The Hall–Kier alpha value is -0.870. The molecule has 4 heteroatoms. The van der Waals surface area contributed by atoms with E-state index in [2.05, 4.69) is 25.7 Å². The number of hydrogen-bond donors (Lipinski definition) is 1. The van der Waals surface area contributed by atoms with E-state index >= 15 is 0 Å². The number of thiophene rings is 1. The van der Waals surface area contributed by atoms with Crippen LogP contribution in [0, 0.1) is 11.8 Å². The zero-order valence-corrected chi connectivity index (χ0v) is 12.2. The smallest absolute Gasteiger partial charge is 0.249 e. The first kappa shape index (κ1) is 13.6. The van der Waals surface area contributed by atoms with Gasteiger partial charge in [-0.1, -0.05) is 6.92 Å². The van der Waals surface area contributed by atoms with E-state index in [-0.39, 0.29) is 5.91 Å². The fourth-order valence-electron chi connectivity index (χ4n) is 2.21. The molecule has 1 aromatic heterocycles. The molecule has 0 aromatic carbocycles. The van der Waals surface area contributed by atoms with E-state index in [0.717, 1.165) is 18.4 Å². The third kappa shape index (κ3) is 3.33. The number of nitrogens with zero attached hydrogens (tertiary/aromatic N) is 1. The monoisotopic (exact) mass is 266 g/mol. The Kier molecular flexibility index (Phi) is 4.07. The van der Waals surface area contributed by atoms with Crippen LogP contribution in [0.15, 0.2) is 11.4 Å². The van der Waals surface area contributed by atoms with Gasteiger partial charge in [-0.3, -0.25) is 9.69 Å². The number of carbonyl (C=O) groups excluding carboxylic acids is 1. The fourth-order valence-corrected chi connectivity index (χ4v) is 3.10. The van der Waals surface area contributed by atoms with Crippen molar-refractivity contribution in [3.63, 3.8) is 0 Å². The lowest BCUT2D eigenvalue weighted by Gasteiger charge is -2.26. The summed E-state index contributed by atoms with van der Waals surface area (Å²) in [7, 11) is 0. The first-order chi connectivity index (χ1) is 8.47. The first-order valence-corrected chi connectivity index (χ1v) is 7.46. The van der Waals surface area contributed by atoms with E-state index in [1.54, 1.807) is 11.3 Å². The van der Waals surface area contributed by atoms with Crippen LogP contribution in [0.1, 0.15) is 42.4 Å². The topological polar surface area (TPSA) is 46.3 Å². The standard InChI is InChI=1S/C14H22N2OS/c1-9(2)16(6-11-4-10(11)3)7-13-5-12(8-18-13)14(15)17/h5,8-11H,4,6-7H2,1-3H3,(H2,15,17)/t10-,11+/m1/s1. The highest BCUT2D eigenvalue weighted by atomic mass is 32.1. The predicted octanol–water partition coefficient (Wildman–Crippen LogP) is 2.71. The molecule has 0 saturated heterocycles. The highest BCUT2D eigenvalue weighted by Crippen LogP contribution is 2.38. The maximum absolute atomic E-state index is 11.1. The van der Waals surface area contributed by atoms with Gasteiger partial charge in [0.15, 0.2) is 0 Å². The number of hydrogen-bond acceptors (Lipinski definition) is 3. The molecule has 0 unspecified atom stereocenters.